The van der Waals surface area contributed by atoms with E-state index in [1.54, 1.807) is 6.07 Å². The van der Waals surface area contributed by atoms with Crippen LogP contribution in [0.3, 0.4) is 0 Å². The SMILES string of the molecule is CN1CC[C@H]1COc1cnc(F)c(C#N)c1. The molecule has 1 fully saturated rings. The van der Waals surface area contributed by atoms with E-state index in [1.165, 1.54) is 12.3 Å². The zero-order valence-electron chi connectivity index (χ0n) is 8.98. The minimum Gasteiger partial charge on any atom is -0.490 e. The van der Waals surface area contributed by atoms with E-state index in [-0.39, 0.29) is 5.56 Å². The third kappa shape index (κ3) is 2.12. The fourth-order valence-electron chi connectivity index (χ4n) is 1.56. The van der Waals surface area contributed by atoms with Crippen LogP contribution < -0.4 is 4.74 Å². The molecule has 84 valence electrons. The van der Waals surface area contributed by atoms with Gasteiger partial charge in [-0.3, -0.25) is 4.90 Å². The summed E-state index contributed by atoms with van der Waals surface area (Å²) in [4.78, 5) is 5.65. The van der Waals surface area contributed by atoms with Crippen molar-refractivity contribution in [3.8, 4) is 11.8 Å². The lowest BCUT2D eigenvalue weighted by molar-refractivity contribution is 0.0767. The number of aromatic nitrogens is 1. The van der Waals surface area contributed by atoms with Gasteiger partial charge in [0, 0.05) is 12.1 Å². The van der Waals surface area contributed by atoms with Crippen LogP contribution in [0.4, 0.5) is 4.39 Å². The molecule has 5 heteroatoms. The molecule has 4 nitrogen and oxygen atoms in total. The van der Waals surface area contributed by atoms with E-state index in [4.69, 9.17) is 10.00 Å². The number of nitrogens with zero attached hydrogens (tertiary/aromatic N) is 3. The van der Waals surface area contributed by atoms with Gasteiger partial charge >= 0.3 is 0 Å². The fourth-order valence-corrected chi connectivity index (χ4v) is 1.56. The molecule has 0 unspecified atom stereocenters. The lowest BCUT2D eigenvalue weighted by Crippen LogP contribution is -2.48. The molecule has 1 aromatic heterocycles. The number of likely N-dealkylation sites (N-methyl/N-ethyl adjacent to an activating group) is 1. The number of ether oxygens (including phenoxy) is 1. The van der Waals surface area contributed by atoms with Crippen LogP contribution in [0.2, 0.25) is 0 Å². The molecule has 2 rings (SSSR count). The first kappa shape index (κ1) is 10.8. The van der Waals surface area contributed by atoms with Crippen molar-refractivity contribution in [3.63, 3.8) is 0 Å². The average molecular weight is 221 g/mol. The number of pyridine rings is 1. The van der Waals surface area contributed by atoms with E-state index in [2.05, 4.69) is 9.88 Å². The summed E-state index contributed by atoms with van der Waals surface area (Å²) in [5.74, 6) is -0.311. The highest BCUT2D eigenvalue weighted by Gasteiger charge is 2.24. The van der Waals surface area contributed by atoms with Gasteiger partial charge in [-0.05, 0) is 20.0 Å². The molecule has 0 aliphatic carbocycles. The van der Waals surface area contributed by atoms with Gasteiger partial charge in [0.25, 0.3) is 0 Å². The Balaban J connectivity index is 1.97. The second-order valence-corrected chi connectivity index (χ2v) is 3.86. The molecule has 1 atom stereocenters. The van der Waals surface area contributed by atoms with Gasteiger partial charge < -0.3 is 4.74 Å². The monoisotopic (exact) mass is 221 g/mol. The van der Waals surface area contributed by atoms with Crippen LogP contribution in [0.25, 0.3) is 0 Å². The lowest BCUT2D eigenvalue weighted by atomic mass is 10.1. The van der Waals surface area contributed by atoms with E-state index in [1.807, 2.05) is 7.05 Å². The summed E-state index contributed by atoms with van der Waals surface area (Å²) >= 11 is 0. The van der Waals surface area contributed by atoms with Crippen LogP contribution in [0.5, 0.6) is 5.75 Å². The number of rotatable bonds is 3. The second-order valence-electron chi connectivity index (χ2n) is 3.86. The zero-order chi connectivity index (χ0) is 11.5. The standard InChI is InChI=1S/C11H12FN3O/c1-15-3-2-9(15)7-16-10-4-8(5-13)11(12)14-6-10/h4,6,9H,2-3,7H2,1H3/t9-/m0/s1. The first-order valence-electron chi connectivity index (χ1n) is 5.09. The summed E-state index contributed by atoms with van der Waals surface area (Å²) in [6.07, 6.45) is 2.41. The zero-order valence-corrected chi connectivity index (χ0v) is 8.98. The van der Waals surface area contributed by atoms with Crippen molar-refractivity contribution in [2.75, 3.05) is 20.2 Å². The smallest absolute Gasteiger partial charge is 0.231 e. The van der Waals surface area contributed by atoms with E-state index < -0.39 is 5.95 Å². The summed E-state index contributed by atoms with van der Waals surface area (Å²) in [5.41, 5.74) is -0.0838. The number of hydrogen-bond acceptors (Lipinski definition) is 4. The number of nitriles is 1. The third-order valence-corrected chi connectivity index (χ3v) is 2.82. The average Bonchev–Trinajstić information content (AvgIpc) is 2.29. The highest BCUT2D eigenvalue weighted by Crippen LogP contribution is 2.18. The van der Waals surface area contributed by atoms with E-state index >= 15 is 0 Å². The molecule has 1 aliphatic heterocycles. The lowest BCUT2D eigenvalue weighted by Gasteiger charge is -2.37. The molecule has 0 amide bonds. The Morgan fingerprint density at radius 2 is 2.56 bits per heavy atom. The molecule has 2 heterocycles. The van der Waals surface area contributed by atoms with Crippen LogP contribution >= 0.6 is 0 Å². The summed E-state index contributed by atoms with van der Waals surface area (Å²) in [6.45, 7) is 1.63. The maximum Gasteiger partial charge on any atom is 0.231 e. The van der Waals surface area contributed by atoms with Crippen LogP contribution in [0, 0.1) is 17.3 Å². The van der Waals surface area contributed by atoms with Gasteiger partial charge in [0.2, 0.25) is 5.95 Å². The summed E-state index contributed by atoms with van der Waals surface area (Å²) in [7, 11) is 2.03. The molecule has 1 saturated heterocycles. The molecular weight excluding hydrogens is 209 g/mol. The Hall–Kier alpha value is -1.67. The number of likely N-dealkylation sites (tertiary alicyclic amines) is 1. The summed E-state index contributed by atoms with van der Waals surface area (Å²) in [5, 5.41) is 8.63. The van der Waals surface area contributed by atoms with Gasteiger partial charge in [0.15, 0.2) is 0 Å². The minimum atomic E-state index is -0.754. The van der Waals surface area contributed by atoms with Crippen LogP contribution in [-0.2, 0) is 0 Å². The van der Waals surface area contributed by atoms with Gasteiger partial charge in [-0.15, -0.1) is 0 Å². The molecule has 1 aliphatic rings. The first-order chi connectivity index (χ1) is 7.70. The second kappa shape index (κ2) is 4.45. The van der Waals surface area contributed by atoms with Crippen molar-refractivity contribution < 1.29 is 9.13 Å². The largest absolute Gasteiger partial charge is 0.490 e. The van der Waals surface area contributed by atoms with E-state index in [0.717, 1.165) is 13.0 Å². The molecule has 0 radical (unpaired) electrons. The van der Waals surface area contributed by atoms with Crippen molar-refractivity contribution in [1.29, 1.82) is 5.26 Å². The highest BCUT2D eigenvalue weighted by molar-refractivity contribution is 5.33. The van der Waals surface area contributed by atoms with Gasteiger partial charge in [-0.2, -0.15) is 9.65 Å². The molecular formula is C11H12FN3O. The topological polar surface area (TPSA) is 49.1 Å². The van der Waals surface area contributed by atoms with Crippen molar-refractivity contribution in [2.24, 2.45) is 0 Å². The Bertz CT molecular complexity index is 430. The van der Waals surface area contributed by atoms with E-state index in [9.17, 15) is 4.39 Å². The highest BCUT2D eigenvalue weighted by atomic mass is 19.1. The van der Waals surface area contributed by atoms with Crippen LogP contribution in [0.15, 0.2) is 12.3 Å². The Labute approximate surface area is 93.3 Å². The van der Waals surface area contributed by atoms with Crippen molar-refractivity contribution in [1.82, 2.24) is 9.88 Å². The summed E-state index contributed by atoms with van der Waals surface area (Å²) < 4.78 is 18.4. The van der Waals surface area contributed by atoms with Gasteiger partial charge in [0.05, 0.1) is 6.20 Å². The van der Waals surface area contributed by atoms with Crippen LogP contribution in [0.1, 0.15) is 12.0 Å². The van der Waals surface area contributed by atoms with Crippen LogP contribution in [-0.4, -0.2) is 36.1 Å². The molecule has 0 N–H and O–H groups in total. The Morgan fingerprint density at radius 3 is 3.12 bits per heavy atom. The molecule has 16 heavy (non-hydrogen) atoms. The van der Waals surface area contributed by atoms with Gasteiger partial charge in [-0.25, -0.2) is 4.98 Å². The van der Waals surface area contributed by atoms with Gasteiger partial charge in [0.1, 0.15) is 24.0 Å². The number of hydrogen-bond donors (Lipinski definition) is 0. The van der Waals surface area contributed by atoms with Crippen molar-refractivity contribution in [3.05, 3.63) is 23.8 Å². The molecule has 0 saturated carbocycles. The van der Waals surface area contributed by atoms with E-state index in [0.29, 0.717) is 18.4 Å². The molecule has 0 bridgehead atoms. The fraction of sp³-hybridized carbons (Fsp3) is 0.455. The Morgan fingerprint density at radius 1 is 1.75 bits per heavy atom. The van der Waals surface area contributed by atoms with Crippen molar-refractivity contribution >= 4 is 0 Å². The maximum atomic E-state index is 12.9. The third-order valence-electron chi connectivity index (χ3n) is 2.82. The number of halogens is 1. The minimum absolute atomic E-state index is 0.0838. The Kier molecular flexibility index (Phi) is 3.02. The van der Waals surface area contributed by atoms with Crippen molar-refractivity contribution in [2.45, 2.75) is 12.5 Å². The molecule has 0 aromatic carbocycles. The predicted molar refractivity (Wildman–Crippen MR) is 55.4 cm³/mol. The van der Waals surface area contributed by atoms with Gasteiger partial charge in [-0.1, -0.05) is 0 Å². The quantitative estimate of drug-likeness (QED) is 0.719. The predicted octanol–water partition coefficient (Wildman–Crippen LogP) is 1.18. The first-order valence-corrected chi connectivity index (χ1v) is 5.09. The molecule has 1 aromatic rings. The maximum absolute atomic E-state index is 12.9. The summed E-state index contributed by atoms with van der Waals surface area (Å²) in [6, 6.07) is 3.52. The molecule has 0 spiro atoms. The normalized spacial score (nSPS) is 19.9.